The molecule has 0 fully saturated rings. The van der Waals surface area contributed by atoms with Crippen molar-refractivity contribution < 1.29 is 8.96 Å². The zero-order chi connectivity index (χ0) is 12.0. The number of hydrogen-bond donors (Lipinski definition) is 0. The summed E-state index contributed by atoms with van der Waals surface area (Å²) in [5.41, 5.74) is 3.20. The van der Waals surface area contributed by atoms with Crippen molar-refractivity contribution in [3.8, 4) is 0 Å². The molecule has 1 aliphatic rings. The average molecular weight is 246 g/mol. The predicted octanol–water partition coefficient (Wildman–Crippen LogP) is 2.55. The Bertz CT molecular complexity index is 581. The number of rotatable bonds is 0. The van der Waals surface area contributed by atoms with Gasteiger partial charge in [-0.1, -0.05) is 23.8 Å². The molecule has 0 N–H and O–H groups in total. The summed E-state index contributed by atoms with van der Waals surface area (Å²) in [6, 6.07) is 10.6. The van der Waals surface area contributed by atoms with Crippen molar-refractivity contribution in [1.82, 2.24) is 0 Å². The van der Waals surface area contributed by atoms with Gasteiger partial charge in [0.25, 0.3) is 0 Å². The zero-order valence-corrected chi connectivity index (χ0v) is 10.5. The number of aryl methyl sites for hydroxylation is 1. The lowest BCUT2D eigenvalue weighted by Gasteiger charge is -2.19. The van der Waals surface area contributed by atoms with Gasteiger partial charge in [-0.3, -0.25) is 0 Å². The van der Waals surface area contributed by atoms with Gasteiger partial charge in [0.2, 0.25) is 0 Å². The van der Waals surface area contributed by atoms with E-state index in [1.165, 1.54) is 12.1 Å². The number of benzene rings is 2. The molecule has 0 aromatic heterocycles. The molecule has 0 aliphatic carbocycles. The van der Waals surface area contributed by atoms with Crippen LogP contribution in [0.5, 0.6) is 0 Å². The van der Waals surface area contributed by atoms with E-state index in [0.717, 1.165) is 28.4 Å². The Labute approximate surface area is 100 Å². The Kier molecular flexibility index (Phi) is 2.41. The van der Waals surface area contributed by atoms with Gasteiger partial charge in [-0.2, -0.15) is 0 Å². The van der Waals surface area contributed by atoms with E-state index in [1.54, 1.807) is 6.07 Å². The van der Waals surface area contributed by atoms with E-state index in [0.29, 0.717) is 5.30 Å². The lowest BCUT2D eigenvalue weighted by atomic mass is 10.0. The van der Waals surface area contributed by atoms with Crippen molar-refractivity contribution in [3.63, 3.8) is 0 Å². The number of halogens is 1. The van der Waals surface area contributed by atoms with Crippen LogP contribution in [0.2, 0.25) is 0 Å². The Morgan fingerprint density at radius 3 is 2.47 bits per heavy atom. The highest BCUT2D eigenvalue weighted by atomic mass is 31.1. The van der Waals surface area contributed by atoms with E-state index >= 15 is 0 Å². The topological polar surface area (TPSA) is 17.1 Å². The molecule has 3 heteroatoms. The highest BCUT2D eigenvalue weighted by molar-refractivity contribution is 7.61. The summed E-state index contributed by atoms with van der Waals surface area (Å²) in [5, 5.41) is 1.58. The monoisotopic (exact) mass is 246 g/mol. The molecule has 3 rings (SSSR count). The Morgan fingerprint density at radius 2 is 1.71 bits per heavy atom. The molecule has 1 atom stereocenters. The third-order valence-corrected chi connectivity index (χ3v) is 5.12. The summed E-state index contributed by atoms with van der Waals surface area (Å²) in [4.78, 5) is 0. The van der Waals surface area contributed by atoms with Gasteiger partial charge in [-0.05, 0) is 42.7 Å². The summed E-state index contributed by atoms with van der Waals surface area (Å²) >= 11 is 0. The Hall–Kier alpha value is -1.40. The minimum Gasteiger partial charge on any atom is -0.317 e. The van der Waals surface area contributed by atoms with Gasteiger partial charge >= 0.3 is 0 Å². The van der Waals surface area contributed by atoms with Crippen molar-refractivity contribution in [1.29, 1.82) is 0 Å². The molecule has 2 aromatic rings. The highest BCUT2D eigenvalue weighted by Crippen LogP contribution is 2.30. The summed E-state index contributed by atoms with van der Waals surface area (Å²) < 4.78 is 25.6. The molecular formula is C14H12FOP. The van der Waals surface area contributed by atoms with E-state index in [-0.39, 0.29) is 5.82 Å². The molecule has 0 amide bonds. The molecule has 1 heterocycles. The molecule has 0 radical (unpaired) electrons. The van der Waals surface area contributed by atoms with E-state index in [1.807, 2.05) is 25.1 Å². The first kappa shape index (κ1) is 10.7. The van der Waals surface area contributed by atoms with E-state index in [9.17, 15) is 8.96 Å². The first-order valence-corrected chi connectivity index (χ1v) is 6.98. The second kappa shape index (κ2) is 3.82. The summed E-state index contributed by atoms with van der Waals surface area (Å²) in [6.07, 6.45) is 0.752. The molecule has 1 nitrogen and oxygen atoms in total. The van der Waals surface area contributed by atoms with Crippen molar-refractivity contribution in [2.45, 2.75) is 13.3 Å². The zero-order valence-electron chi connectivity index (χ0n) is 9.46. The fraction of sp³-hybridized carbons (Fsp3) is 0.143. The van der Waals surface area contributed by atoms with Crippen LogP contribution in [-0.4, -0.2) is 0 Å². The smallest absolute Gasteiger partial charge is 0.132 e. The standard InChI is InChI=1S/C14H12FOP/c1-9-2-3-10-7-11-4-5-12(15)8-14(11)17(16)13(10)6-9/h2-6,8,17H,7H2,1H3. The van der Waals surface area contributed by atoms with Crippen LogP contribution in [0.4, 0.5) is 4.39 Å². The summed E-state index contributed by atoms with van der Waals surface area (Å²) in [7, 11) is -2.04. The third kappa shape index (κ3) is 1.73. The molecule has 0 saturated carbocycles. The normalized spacial score (nSPS) is 17.4. The summed E-state index contributed by atoms with van der Waals surface area (Å²) in [6.45, 7) is 1.98. The van der Waals surface area contributed by atoms with Crippen LogP contribution < -0.4 is 10.6 Å². The van der Waals surface area contributed by atoms with Crippen LogP contribution in [0.3, 0.4) is 0 Å². The lowest BCUT2D eigenvalue weighted by Crippen LogP contribution is -2.22. The van der Waals surface area contributed by atoms with Crippen molar-refractivity contribution in [3.05, 3.63) is 58.9 Å². The fourth-order valence-corrected chi connectivity index (χ4v) is 4.16. The van der Waals surface area contributed by atoms with Crippen LogP contribution >= 0.6 is 7.80 Å². The maximum absolute atomic E-state index is 13.2. The SMILES string of the molecule is Cc1ccc2c(c1)[PH](=O)c1cc(F)ccc1C2. The van der Waals surface area contributed by atoms with Gasteiger partial charge in [0, 0.05) is 10.6 Å². The predicted molar refractivity (Wildman–Crippen MR) is 68.7 cm³/mol. The maximum Gasteiger partial charge on any atom is 0.132 e. The molecule has 1 aliphatic heterocycles. The average Bonchev–Trinajstić information content (AvgIpc) is 2.32. The van der Waals surface area contributed by atoms with Crippen LogP contribution in [0, 0.1) is 12.7 Å². The van der Waals surface area contributed by atoms with Crippen LogP contribution in [-0.2, 0) is 11.0 Å². The van der Waals surface area contributed by atoms with Gasteiger partial charge in [-0.15, -0.1) is 0 Å². The van der Waals surface area contributed by atoms with Gasteiger partial charge in [0.15, 0.2) is 0 Å². The fourth-order valence-electron chi connectivity index (χ4n) is 2.32. The molecule has 0 saturated heterocycles. The van der Waals surface area contributed by atoms with E-state index in [2.05, 4.69) is 0 Å². The summed E-state index contributed by atoms with van der Waals surface area (Å²) in [5.74, 6) is -0.307. The largest absolute Gasteiger partial charge is 0.317 e. The minimum absolute atomic E-state index is 0.307. The molecule has 17 heavy (non-hydrogen) atoms. The van der Waals surface area contributed by atoms with Crippen molar-refractivity contribution in [2.24, 2.45) is 0 Å². The van der Waals surface area contributed by atoms with Crippen LogP contribution in [0.15, 0.2) is 36.4 Å². The molecule has 0 bridgehead atoms. The maximum atomic E-state index is 13.2. The third-order valence-electron chi connectivity index (χ3n) is 3.21. The van der Waals surface area contributed by atoms with E-state index in [4.69, 9.17) is 0 Å². The van der Waals surface area contributed by atoms with Crippen molar-refractivity contribution in [2.75, 3.05) is 0 Å². The second-order valence-electron chi connectivity index (χ2n) is 4.47. The minimum atomic E-state index is -2.04. The number of hydrogen-bond acceptors (Lipinski definition) is 1. The van der Waals surface area contributed by atoms with Gasteiger partial charge in [0.05, 0.1) is 0 Å². The van der Waals surface area contributed by atoms with Gasteiger partial charge in [-0.25, -0.2) is 4.39 Å². The Balaban J connectivity index is 2.21. The van der Waals surface area contributed by atoms with Gasteiger partial charge < -0.3 is 4.57 Å². The lowest BCUT2D eigenvalue weighted by molar-refractivity contribution is 0.596. The number of fused-ring (bicyclic) bond motifs is 2. The Morgan fingerprint density at radius 1 is 1.06 bits per heavy atom. The van der Waals surface area contributed by atoms with Crippen molar-refractivity contribution >= 4 is 18.4 Å². The quantitative estimate of drug-likeness (QED) is 0.557. The molecule has 0 spiro atoms. The van der Waals surface area contributed by atoms with Crippen LogP contribution in [0.25, 0.3) is 0 Å². The van der Waals surface area contributed by atoms with Gasteiger partial charge in [0.1, 0.15) is 13.6 Å². The molecular weight excluding hydrogens is 234 g/mol. The first-order valence-electron chi connectivity index (χ1n) is 5.58. The molecule has 86 valence electrons. The highest BCUT2D eigenvalue weighted by Gasteiger charge is 2.21. The molecule has 2 aromatic carbocycles. The van der Waals surface area contributed by atoms with Crippen LogP contribution in [0.1, 0.15) is 16.7 Å². The first-order chi connectivity index (χ1) is 8.15. The second-order valence-corrected chi connectivity index (χ2v) is 6.20. The molecule has 1 unspecified atom stereocenters. The van der Waals surface area contributed by atoms with E-state index < -0.39 is 7.80 Å².